The van der Waals surface area contributed by atoms with Crippen molar-refractivity contribution in [2.75, 3.05) is 6.26 Å². The first-order valence-corrected chi connectivity index (χ1v) is 6.45. The Labute approximate surface area is 108 Å². The van der Waals surface area contributed by atoms with E-state index in [-0.39, 0.29) is 0 Å². The third kappa shape index (κ3) is 2.09. The number of halogens is 1. The van der Waals surface area contributed by atoms with Gasteiger partial charge in [-0.15, -0.1) is 5.10 Å². The summed E-state index contributed by atoms with van der Waals surface area (Å²) in [5.74, 6) is 0.0306. The molecule has 0 amide bonds. The number of nitrogens with zero attached hydrogens (tertiary/aromatic N) is 4. The van der Waals surface area contributed by atoms with Crippen LogP contribution >= 0.6 is 11.8 Å². The van der Waals surface area contributed by atoms with E-state index in [0.717, 1.165) is 0 Å². The van der Waals surface area contributed by atoms with Gasteiger partial charge in [0.2, 0.25) is 5.16 Å². The summed E-state index contributed by atoms with van der Waals surface area (Å²) in [5, 5.41) is 13.7. The Balaban J connectivity index is 2.63. The van der Waals surface area contributed by atoms with Crippen LogP contribution in [0.15, 0.2) is 17.3 Å². The number of aryl methyl sites for hydroxylation is 2. The molecule has 0 aliphatic rings. The first kappa shape index (κ1) is 12.6. The largest absolute Gasteiger partial charge is 0.248 e. The monoisotopic (exact) mass is 262 g/mol. The van der Waals surface area contributed by atoms with E-state index >= 15 is 0 Å². The molecule has 0 atom stereocenters. The molecule has 0 fully saturated rings. The number of hydrogen-bond acceptors (Lipinski definition) is 4. The van der Waals surface area contributed by atoms with Crippen molar-refractivity contribution >= 4 is 11.8 Å². The molecule has 18 heavy (non-hydrogen) atoms. The molecule has 0 spiro atoms. The van der Waals surface area contributed by atoms with Crippen LogP contribution in [0.1, 0.15) is 11.1 Å². The Kier molecular flexibility index (Phi) is 3.34. The van der Waals surface area contributed by atoms with E-state index in [1.54, 1.807) is 14.0 Å². The average molecular weight is 262 g/mol. The van der Waals surface area contributed by atoms with Crippen molar-refractivity contribution in [3.8, 4) is 17.5 Å². The van der Waals surface area contributed by atoms with E-state index in [0.29, 0.717) is 27.7 Å². The summed E-state index contributed by atoms with van der Waals surface area (Å²) in [5.41, 5.74) is 1.36. The second-order valence-corrected chi connectivity index (χ2v) is 4.58. The highest BCUT2D eigenvalue weighted by Crippen LogP contribution is 2.25. The SMILES string of the molecule is CSc1nc(-c2cc(C#N)c(C)cc2F)n(C)n1. The third-order valence-corrected chi connectivity index (χ3v) is 3.14. The molecule has 0 saturated heterocycles. The molecule has 0 aliphatic carbocycles. The normalized spacial score (nSPS) is 10.4. The van der Waals surface area contributed by atoms with E-state index in [4.69, 9.17) is 5.26 Å². The predicted molar refractivity (Wildman–Crippen MR) is 67.6 cm³/mol. The van der Waals surface area contributed by atoms with Crippen molar-refractivity contribution in [3.63, 3.8) is 0 Å². The van der Waals surface area contributed by atoms with Crippen LogP contribution in [0.4, 0.5) is 4.39 Å². The lowest BCUT2D eigenvalue weighted by atomic mass is 10.0. The fourth-order valence-electron chi connectivity index (χ4n) is 1.65. The second kappa shape index (κ2) is 4.78. The summed E-state index contributed by atoms with van der Waals surface area (Å²) in [6.45, 7) is 1.70. The van der Waals surface area contributed by atoms with Gasteiger partial charge in [-0.25, -0.2) is 14.1 Å². The van der Waals surface area contributed by atoms with Gasteiger partial charge in [0.15, 0.2) is 5.82 Å². The fraction of sp³-hybridized carbons (Fsp3) is 0.250. The molecule has 2 rings (SSSR count). The number of thioether (sulfide) groups is 1. The summed E-state index contributed by atoms with van der Waals surface area (Å²) in [6, 6.07) is 4.90. The third-order valence-electron chi connectivity index (χ3n) is 2.60. The Morgan fingerprint density at radius 3 is 2.72 bits per heavy atom. The van der Waals surface area contributed by atoms with Crippen molar-refractivity contribution in [2.24, 2.45) is 7.05 Å². The summed E-state index contributed by atoms with van der Waals surface area (Å²) in [6.07, 6.45) is 1.85. The minimum Gasteiger partial charge on any atom is -0.248 e. The lowest BCUT2D eigenvalue weighted by Crippen LogP contribution is -1.98. The molecule has 0 unspecified atom stereocenters. The molecule has 1 aromatic carbocycles. The van der Waals surface area contributed by atoms with Gasteiger partial charge in [0.05, 0.1) is 17.2 Å². The predicted octanol–water partition coefficient (Wildman–Crippen LogP) is 2.52. The van der Waals surface area contributed by atoms with Crippen LogP contribution in [0, 0.1) is 24.1 Å². The molecule has 0 saturated carbocycles. The van der Waals surface area contributed by atoms with Crippen LogP contribution in [0.3, 0.4) is 0 Å². The lowest BCUT2D eigenvalue weighted by Gasteiger charge is -2.04. The molecule has 0 bridgehead atoms. The zero-order valence-electron chi connectivity index (χ0n) is 10.2. The van der Waals surface area contributed by atoms with E-state index in [9.17, 15) is 4.39 Å². The molecule has 4 nitrogen and oxygen atoms in total. The molecule has 0 aliphatic heterocycles. The summed E-state index contributed by atoms with van der Waals surface area (Å²) < 4.78 is 15.5. The van der Waals surface area contributed by atoms with E-state index in [1.165, 1.54) is 28.6 Å². The molecule has 0 radical (unpaired) electrons. The van der Waals surface area contributed by atoms with Crippen LogP contribution in [0.25, 0.3) is 11.4 Å². The second-order valence-electron chi connectivity index (χ2n) is 3.80. The highest BCUT2D eigenvalue weighted by atomic mass is 32.2. The van der Waals surface area contributed by atoms with Gasteiger partial charge < -0.3 is 0 Å². The number of benzene rings is 1. The molecule has 1 heterocycles. The molecular weight excluding hydrogens is 251 g/mol. The van der Waals surface area contributed by atoms with Gasteiger partial charge in [0.25, 0.3) is 0 Å². The maximum absolute atomic E-state index is 13.9. The van der Waals surface area contributed by atoms with Gasteiger partial charge in [-0.05, 0) is 30.9 Å². The Bertz CT molecular complexity index is 642. The average Bonchev–Trinajstić information content (AvgIpc) is 2.71. The molecule has 1 aromatic heterocycles. The van der Waals surface area contributed by atoms with Gasteiger partial charge in [0, 0.05) is 7.05 Å². The number of hydrogen-bond donors (Lipinski definition) is 0. The zero-order valence-corrected chi connectivity index (χ0v) is 11.0. The van der Waals surface area contributed by atoms with Crippen molar-refractivity contribution < 1.29 is 4.39 Å². The lowest BCUT2D eigenvalue weighted by molar-refractivity contribution is 0.625. The quantitative estimate of drug-likeness (QED) is 0.780. The Hall–Kier alpha value is -1.87. The van der Waals surface area contributed by atoms with Gasteiger partial charge in [0.1, 0.15) is 5.82 Å². The summed E-state index contributed by atoms with van der Waals surface area (Å²) in [7, 11) is 1.70. The topological polar surface area (TPSA) is 54.5 Å². The maximum Gasteiger partial charge on any atom is 0.208 e. The molecular formula is C12H11FN4S. The standard InChI is InChI=1S/C12H11FN4S/c1-7-4-10(13)9(5-8(7)6-14)11-15-12(18-3)16-17(11)2/h4-5H,1-3H3. The first-order valence-electron chi connectivity index (χ1n) is 5.22. The number of rotatable bonds is 2. The minimum absolute atomic E-state index is 0.299. The summed E-state index contributed by atoms with van der Waals surface area (Å²) >= 11 is 1.39. The highest BCUT2D eigenvalue weighted by molar-refractivity contribution is 7.98. The molecule has 2 aromatic rings. The Morgan fingerprint density at radius 1 is 1.44 bits per heavy atom. The zero-order chi connectivity index (χ0) is 13.3. The molecule has 6 heteroatoms. The van der Waals surface area contributed by atoms with Crippen LogP contribution in [0.5, 0.6) is 0 Å². The van der Waals surface area contributed by atoms with Crippen LogP contribution in [-0.2, 0) is 7.05 Å². The van der Waals surface area contributed by atoms with Crippen molar-refractivity contribution in [1.29, 1.82) is 5.26 Å². The fourth-order valence-corrected chi connectivity index (χ4v) is 2.03. The molecule has 92 valence electrons. The minimum atomic E-state index is -0.394. The van der Waals surface area contributed by atoms with Crippen LogP contribution in [0.2, 0.25) is 0 Å². The van der Waals surface area contributed by atoms with Gasteiger partial charge in [-0.3, -0.25) is 0 Å². The van der Waals surface area contributed by atoms with Crippen molar-refractivity contribution in [2.45, 2.75) is 12.1 Å². The van der Waals surface area contributed by atoms with Crippen molar-refractivity contribution in [1.82, 2.24) is 14.8 Å². The highest BCUT2D eigenvalue weighted by Gasteiger charge is 2.15. The van der Waals surface area contributed by atoms with E-state index < -0.39 is 5.82 Å². The van der Waals surface area contributed by atoms with Gasteiger partial charge in [-0.2, -0.15) is 5.26 Å². The summed E-state index contributed by atoms with van der Waals surface area (Å²) in [4.78, 5) is 4.23. The molecule has 0 N–H and O–H groups in total. The maximum atomic E-state index is 13.9. The number of aromatic nitrogens is 3. The van der Waals surface area contributed by atoms with Gasteiger partial charge >= 0.3 is 0 Å². The van der Waals surface area contributed by atoms with Crippen molar-refractivity contribution in [3.05, 3.63) is 29.1 Å². The Morgan fingerprint density at radius 2 is 2.17 bits per heavy atom. The van der Waals surface area contributed by atoms with E-state index in [2.05, 4.69) is 10.1 Å². The van der Waals surface area contributed by atoms with Crippen LogP contribution in [-0.4, -0.2) is 21.0 Å². The first-order chi connectivity index (χ1) is 8.56. The van der Waals surface area contributed by atoms with Crippen LogP contribution < -0.4 is 0 Å². The van der Waals surface area contributed by atoms with E-state index in [1.807, 2.05) is 12.3 Å². The smallest absolute Gasteiger partial charge is 0.208 e. The number of nitriles is 1. The van der Waals surface area contributed by atoms with Gasteiger partial charge in [-0.1, -0.05) is 11.8 Å².